The summed E-state index contributed by atoms with van der Waals surface area (Å²) in [7, 11) is 1.37. The van der Waals surface area contributed by atoms with E-state index in [0.717, 1.165) is 11.1 Å². The molecule has 0 atom stereocenters. The monoisotopic (exact) mass is 238 g/mol. The summed E-state index contributed by atoms with van der Waals surface area (Å²) in [6.07, 6.45) is 3.48. The van der Waals surface area contributed by atoms with Gasteiger partial charge in [-0.05, 0) is 17.7 Å². The number of H-pyrrole nitrogens is 1. The van der Waals surface area contributed by atoms with Crippen molar-refractivity contribution in [3.8, 4) is 11.1 Å². The van der Waals surface area contributed by atoms with Crippen LogP contribution in [0.15, 0.2) is 36.7 Å². The summed E-state index contributed by atoms with van der Waals surface area (Å²) < 4.78 is 4.65. The highest BCUT2D eigenvalue weighted by atomic mass is 35.5. The molecule has 2 aromatic rings. The lowest BCUT2D eigenvalue weighted by molar-refractivity contribution is 0.0601. The number of halogens is 1. The average Bonchev–Trinajstić information content (AvgIpc) is 2.82. The lowest BCUT2D eigenvalue weighted by Gasteiger charge is -2.01. The van der Waals surface area contributed by atoms with E-state index < -0.39 is 0 Å². The molecule has 1 N–H and O–H groups in total. The molecule has 0 amide bonds. The van der Waals surface area contributed by atoms with Crippen LogP contribution in [0.5, 0.6) is 0 Å². The van der Waals surface area contributed by atoms with Crippen molar-refractivity contribution in [1.82, 2.24) is 10.2 Å². The predicted octanol–water partition coefficient (Wildman–Crippen LogP) is 2.29. The first-order valence-electron chi connectivity index (χ1n) is 4.49. The quantitative estimate of drug-likeness (QED) is 0.817. The third-order valence-electron chi connectivity index (χ3n) is 2.12. The summed E-state index contributed by atoms with van der Waals surface area (Å²) in [4.78, 5) is 11.3. The van der Waals surface area contributed by atoms with Crippen LogP contribution in [0.1, 0.15) is 10.4 Å². The number of ether oxygens (including phenoxy) is 1. The van der Waals surface area contributed by atoms with Crippen LogP contribution in [-0.2, 0) is 4.74 Å². The predicted molar refractivity (Wildman–Crippen MR) is 62.6 cm³/mol. The topological polar surface area (TPSA) is 55.0 Å². The molecule has 0 bridgehead atoms. The van der Waals surface area contributed by atoms with Crippen molar-refractivity contribution in [2.45, 2.75) is 0 Å². The first kappa shape index (κ1) is 12.3. The SMILES string of the molecule is COC(=O)c1cccc(-c2cn[nH]c2)c1.Cl. The molecule has 2 rings (SSSR count). The number of hydrogen-bond acceptors (Lipinski definition) is 3. The molecule has 1 aromatic carbocycles. The average molecular weight is 239 g/mol. The Morgan fingerprint density at radius 1 is 1.38 bits per heavy atom. The van der Waals surface area contributed by atoms with E-state index in [-0.39, 0.29) is 18.4 Å². The number of aromatic amines is 1. The van der Waals surface area contributed by atoms with E-state index in [0.29, 0.717) is 5.56 Å². The van der Waals surface area contributed by atoms with Crippen LogP contribution in [0.4, 0.5) is 0 Å². The molecule has 0 aliphatic heterocycles. The number of benzene rings is 1. The number of rotatable bonds is 2. The van der Waals surface area contributed by atoms with Crippen molar-refractivity contribution in [3.05, 3.63) is 42.2 Å². The number of hydrogen-bond donors (Lipinski definition) is 1. The van der Waals surface area contributed by atoms with E-state index in [1.807, 2.05) is 12.1 Å². The standard InChI is InChI=1S/C11H10N2O2.ClH/c1-15-11(14)9-4-2-3-8(5-9)10-6-12-13-7-10;/h2-7H,1H3,(H,12,13);1H. The minimum absolute atomic E-state index is 0. The molecule has 0 saturated heterocycles. The van der Waals surface area contributed by atoms with E-state index in [1.165, 1.54) is 7.11 Å². The normalized spacial score (nSPS) is 9.31. The highest BCUT2D eigenvalue weighted by molar-refractivity contribution is 5.90. The molecule has 1 heterocycles. The van der Waals surface area contributed by atoms with Crippen molar-refractivity contribution < 1.29 is 9.53 Å². The fourth-order valence-electron chi connectivity index (χ4n) is 1.35. The van der Waals surface area contributed by atoms with Gasteiger partial charge < -0.3 is 4.74 Å². The summed E-state index contributed by atoms with van der Waals surface area (Å²) in [6.45, 7) is 0. The number of nitrogens with zero attached hydrogens (tertiary/aromatic N) is 1. The van der Waals surface area contributed by atoms with Gasteiger partial charge in [0.2, 0.25) is 0 Å². The van der Waals surface area contributed by atoms with Gasteiger partial charge in [-0.2, -0.15) is 5.10 Å². The Morgan fingerprint density at radius 3 is 2.81 bits per heavy atom. The molecule has 4 nitrogen and oxygen atoms in total. The molecule has 16 heavy (non-hydrogen) atoms. The van der Waals surface area contributed by atoms with Gasteiger partial charge in [0.05, 0.1) is 18.9 Å². The van der Waals surface area contributed by atoms with Gasteiger partial charge in [-0.25, -0.2) is 4.79 Å². The summed E-state index contributed by atoms with van der Waals surface area (Å²) >= 11 is 0. The minimum atomic E-state index is -0.333. The Kier molecular flexibility index (Phi) is 4.08. The number of aromatic nitrogens is 2. The highest BCUT2D eigenvalue weighted by Crippen LogP contribution is 2.18. The Hall–Kier alpha value is -1.81. The van der Waals surface area contributed by atoms with Crippen molar-refractivity contribution in [2.75, 3.05) is 7.11 Å². The van der Waals surface area contributed by atoms with Crippen LogP contribution in [0.25, 0.3) is 11.1 Å². The second kappa shape index (κ2) is 5.32. The molecule has 0 aliphatic rings. The fourth-order valence-corrected chi connectivity index (χ4v) is 1.35. The van der Waals surface area contributed by atoms with Gasteiger partial charge in [0.25, 0.3) is 0 Å². The zero-order valence-corrected chi connectivity index (χ0v) is 9.45. The number of nitrogens with one attached hydrogen (secondary N) is 1. The zero-order chi connectivity index (χ0) is 10.7. The Balaban J connectivity index is 0.00000128. The van der Waals surface area contributed by atoms with Crippen molar-refractivity contribution in [1.29, 1.82) is 0 Å². The molecule has 1 aromatic heterocycles. The van der Waals surface area contributed by atoms with Crippen LogP contribution in [0.3, 0.4) is 0 Å². The van der Waals surface area contributed by atoms with Crippen LogP contribution < -0.4 is 0 Å². The van der Waals surface area contributed by atoms with E-state index in [1.54, 1.807) is 24.5 Å². The van der Waals surface area contributed by atoms with Gasteiger partial charge >= 0.3 is 5.97 Å². The first-order valence-corrected chi connectivity index (χ1v) is 4.49. The summed E-state index contributed by atoms with van der Waals surface area (Å²) in [5.41, 5.74) is 2.42. The number of carbonyl (C=O) groups is 1. The molecule has 0 saturated carbocycles. The Bertz CT molecular complexity index is 469. The lowest BCUT2D eigenvalue weighted by atomic mass is 10.1. The Labute approximate surface area is 99.0 Å². The van der Waals surface area contributed by atoms with E-state index in [9.17, 15) is 4.79 Å². The van der Waals surface area contributed by atoms with Crippen LogP contribution in [-0.4, -0.2) is 23.3 Å². The molecule has 0 aliphatic carbocycles. The van der Waals surface area contributed by atoms with Gasteiger partial charge in [-0.15, -0.1) is 12.4 Å². The van der Waals surface area contributed by atoms with Gasteiger partial charge in [0, 0.05) is 11.8 Å². The fraction of sp³-hybridized carbons (Fsp3) is 0.0909. The second-order valence-corrected chi connectivity index (χ2v) is 3.06. The minimum Gasteiger partial charge on any atom is -0.465 e. The second-order valence-electron chi connectivity index (χ2n) is 3.06. The molecule has 0 fully saturated rings. The maximum absolute atomic E-state index is 11.3. The van der Waals surface area contributed by atoms with Gasteiger partial charge in [-0.3, -0.25) is 5.10 Å². The van der Waals surface area contributed by atoms with E-state index in [4.69, 9.17) is 0 Å². The third-order valence-corrected chi connectivity index (χ3v) is 2.12. The molecule has 84 valence electrons. The third kappa shape index (κ3) is 2.41. The smallest absolute Gasteiger partial charge is 0.337 e. The maximum atomic E-state index is 11.3. The largest absolute Gasteiger partial charge is 0.465 e. The van der Waals surface area contributed by atoms with Crippen LogP contribution in [0.2, 0.25) is 0 Å². The van der Waals surface area contributed by atoms with E-state index in [2.05, 4.69) is 14.9 Å². The number of carbonyl (C=O) groups excluding carboxylic acids is 1. The van der Waals surface area contributed by atoms with Crippen LogP contribution >= 0.6 is 12.4 Å². The summed E-state index contributed by atoms with van der Waals surface area (Å²) in [5, 5.41) is 6.58. The summed E-state index contributed by atoms with van der Waals surface area (Å²) in [5.74, 6) is -0.333. The van der Waals surface area contributed by atoms with Crippen LogP contribution in [0, 0.1) is 0 Å². The van der Waals surface area contributed by atoms with E-state index >= 15 is 0 Å². The Morgan fingerprint density at radius 2 is 2.19 bits per heavy atom. The van der Waals surface area contributed by atoms with Gasteiger partial charge in [0.1, 0.15) is 0 Å². The molecular weight excluding hydrogens is 228 g/mol. The molecule has 0 radical (unpaired) electrons. The van der Waals surface area contributed by atoms with Crippen molar-refractivity contribution in [2.24, 2.45) is 0 Å². The number of esters is 1. The molecule has 5 heteroatoms. The first-order chi connectivity index (χ1) is 7.31. The molecule has 0 spiro atoms. The summed E-state index contributed by atoms with van der Waals surface area (Å²) in [6, 6.07) is 7.22. The van der Waals surface area contributed by atoms with Gasteiger partial charge in [0.15, 0.2) is 0 Å². The van der Waals surface area contributed by atoms with Crippen molar-refractivity contribution in [3.63, 3.8) is 0 Å². The molecular formula is C11H11ClN2O2. The molecule has 0 unspecified atom stereocenters. The lowest BCUT2D eigenvalue weighted by Crippen LogP contribution is -2.00. The zero-order valence-electron chi connectivity index (χ0n) is 8.64. The van der Waals surface area contributed by atoms with Crippen molar-refractivity contribution >= 4 is 18.4 Å². The number of methoxy groups -OCH3 is 1. The highest BCUT2D eigenvalue weighted by Gasteiger charge is 2.06. The van der Waals surface area contributed by atoms with Gasteiger partial charge in [-0.1, -0.05) is 12.1 Å². The maximum Gasteiger partial charge on any atom is 0.337 e.